The fourth-order valence-electron chi connectivity index (χ4n) is 2.68. The van der Waals surface area contributed by atoms with Crippen molar-refractivity contribution in [2.45, 2.75) is 25.2 Å². The van der Waals surface area contributed by atoms with Gasteiger partial charge in [0, 0.05) is 13.6 Å². The summed E-state index contributed by atoms with van der Waals surface area (Å²) in [6, 6.07) is 9.67. The molecule has 0 aromatic heterocycles. The van der Waals surface area contributed by atoms with Crippen molar-refractivity contribution in [2.75, 3.05) is 26.8 Å². The molecule has 2 rings (SSSR count). The average molecular weight is 453 g/mol. The van der Waals surface area contributed by atoms with E-state index < -0.39 is 27.8 Å². The van der Waals surface area contributed by atoms with Crippen molar-refractivity contribution >= 4 is 22.0 Å². The third-order valence-corrected chi connectivity index (χ3v) is 6.03. The standard InChI is InChI=1S/C21H25FN2O6S/c1-4-29-19-11-8-16(22)14-18(19)20(25)23-13-12-15-6-9-17(10-7-15)31(27,28)24(3)21(26)30-5-2/h6-11,14H,4-5,12-13H2,1-3H3,(H,23,25). The Morgan fingerprint density at radius 3 is 2.35 bits per heavy atom. The Hall–Kier alpha value is -3.14. The Bertz CT molecular complexity index is 1020. The van der Waals surface area contributed by atoms with E-state index in [2.05, 4.69) is 5.32 Å². The quantitative estimate of drug-likeness (QED) is 0.628. The molecule has 0 radical (unpaired) electrons. The lowest BCUT2D eigenvalue weighted by molar-refractivity contribution is 0.0949. The van der Waals surface area contributed by atoms with E-state index in [4.69, 9.17) is 9.47 Å². The van der Waals surface area contributed by atoms with Gasteiger partial charge in [-0.2, -0.15) is 0 Å². The molecule has 1 N–H and O–H groups in total. The van der Waals surface area contributed by atoms with Crippen LogP contribution in [0.15, 0.2) is 47.4 Å². The van der Waals surface area contributed by atoms with Crippen LogP contribution in [0.3, 0.4) is 0 Å². The molecule has 0 saturated heterocycles. The molecule has 31 heavy (non-hydrogen) atoms. The van der Waals surface area contributed by atoms with Crippen molar-refractivity contribution in [2.24, 2.45) is 0 Å². The maximum absolute atomic E-state index is 13.5. The number of benzene rings is 2. The molecule has 0 fully saturated rings. The molecule has 0 unspecified atom stereocenters. The number of carbonyl (C=O) groups excluding carboxylic acids is 2. The van der Waals surface area contributed by atoms with E-state index in [1.54, 1.807) is 26.0 Å². The minimum atomic E-state index is -4.02. The third kappa shape index (κ3) is 6.17. The second-order valence-electron chi connectivity index (χ2n) is 6.39. The molecule has 2 aromatic carbocycles. The zero-order chi connectivity index (χ0) is 23.0. The van der Waals surface area contributed by atoms with E-state index in [9.17, 15) is 22.4 Å². The summed E-state index contributed by atoms with van der Waals surface area (Å²) in [5, 5.41) is 2.69. The second-order valence-corrected chi connectivity index (χ2v) is 8.36. The predicted octanol–water partition coefficient (Wildman–Crippen LogP) is 2.97. The summed E-state index contributed by atoms with van der Waals surface area (Å²) in [7, 11) is -2.90. The van der Waals surface area contributed by atoms with Crippen LogP contribution in [-0.4, -0.2) is 51.5 Å². The molecular weight excluding hydrogens is 427 g/mol. The molecule has 0 aliphatic carbocycles. The van der Waals surface area contributed by atoms with Gasteiger partial charge in [0.1, 0.15) is 11.6 Å². The summed E-state index contributed by atoms with van der Waals surface area (Å²) in [6.45, 7) is 3.99. The molecule has 0 aliphatic rings. The monoisotopic (exact) mass is 452 g/mol. The van der Waals surface area contributed by atoms with Crippen molar-refractivity contribution in [1.82, 2.24) is 9.62 Å². The third-order valence-electron chi connectivity index (χ3n) is 4.29. The van der Waals surface area contributed by atoms with Crippen molar-refractivity contribution < 1.29 is 31.9 Å². The number of amides is 2. The maximum Gasteiger partial charge on any atom is 0.423 e. The fourth-order valence-corrected chi connectivity index (χ4v) is 3.72. The van der Waals surface area contributed by atoms with Crippen molar-refractivity contribution in [3.8, 4) is 5.75 Å². The Kier molecular flexibility index (Phi) is 8.38. The normalized spacial score (nSPS) is 11.0. The molecule has 0 bridgehead atoms. The van der Waals surface area contributed by atoms with Crippen LogP contribution in [0.25, 0.3) is 0 Å². The summed E-state index contributed by atoms with van der Waals surface area (Å²) >= 11 is 0. The topological polar surface area (TPSA) is 102 Å². The first-order valence-electron chi connectivity index (χ1n) is 9.65. The number of hydrogen-bond donors (Lipinski definition) is 1. The lowest BCUT2D eigenvalue weighted by Crippen LogP contribution is -2.33. The van der Waals surface area contributed by atoms with E-state index in [0.29, 0.717) is 23.1 Å². The van der Waals surface area contributed by atoms with E-state index in [0.717, 1.165) is 18.7 Å². The Morgan fingerprint density at radius 1 is 1.06 bits per heavy atom. The summed E-state index contributed by atoms with van der Waals surface area (Å²) < 4.78 is 49.0. The number of carbonyl (C=O) groups is 2. The van der Waals surface area contributed by atoms with E-state index >= 15 is 0 Å². The van der Waals surface area contributed by atoms with Crippen LogP contribution < -0.4 is 10.1 Å². The lowest BCUT2D eigenvalue weighted by atomic mass is 10.1. The first kappa shape index (κ1) is 24.1. The molecule has 2 amide bonds. The van der Waals surface area contributed by atoms with Crippen LogP contribution in [0, 0.1) is 5.82 Å². The molecule has 0 heterocycles. The number of halogens is 1. The molecule has 2 aromatic rings. The fraction of sp³-hybridized carbons (Fsp3) is 0.333. The van der Waals surface area contributed by atoms with Crippen LogP contribution in [0.1, 0.15) is 29.8 Å². The van der Waals surface area contributed by atoms with Crippen LogP contribution in [0.4, 0.5) is 9.18 Å². The summed E-state index contributed by atoms with van der Waals surface area (Å²) in [6.07, 6.45) is -0.544. The highest BCUT2D eigenvalue weighted by Gasteiger charge is 2.26. The molecule has 10 heteroatoms. The van der Waals surface area contributed by atoms with Gasteiger partial charge in [0.15, 0.2) is 0 Å². The first-order valence-corrected chi connectivity index (χ1v) is 11.1. The first-order chi connectivity index (χ1) is 14.7. The summed E-state index contributed by atoms with van der Waals surface area (Å²) in [5.41, 5.74) is 0.868. The minimum Gasteiger partial charge on any atom is -0.493 e. The lowest BCUT2D eigenvalue weighted by Gasteiger charge is -2.17. The maximum atomic E-state index is 13.5. The molecule has 168 valence electrons. The smallest absolute Gasteiger partial charge is 0.423 e. The molecule has 0 aliphatic heterocycles. The largest absolute Gasteiger partial charge is 0.493 e. The molecule has 0 atom stereocenters. The molecule has 0 spiro atoms. The number of nitrogens with zero attached hydrogens (tertiary/aromatic N) is 1. The second kappa shape index (κ2) is 10.8. The Balaban J connectivity index is 2.00. The van der Waals surface area contributed by atoms with Gasteiger partial charge in [-0.05, 0) is 56.2 Å². The number of ether oxygens (including phenoxy) is 2. The summed E-state index contributed by atoms with van der Waals surface area (Å²) in [5.74, 6) is -0.724. The highest BCUT2D eigenvalue weighted by molar-refractivity contribution is 7.89. The average Bonchev–Trinajstić information content (AvgIpc) is 2.75. The van der Waals surface area contributed by atoms with Gasteiger partial charge in [-0.15, -0.1) is 0 Å². The number of rotatable bonds is 9. The minimum absolute atomic E-state index is 0.0584. The van der Waals surface area contributed by atoms with Crippen LogP contribution >= 0.6 is 0 Å². The van der Waals surface area contributed by atoms with Gasteiger partial charge in [0.05, 0.1) is 23.7 Å². The SMILES string of the molecule is CCOC(=O)N(C)S(=O)(=O)c1ccc(CCNC(=O)c2cc(F)ccc2OCC)cc1. The molecular formula is C21H25FN2O6S. The highest BCUT2D eigenvalue weighted by Crippen LogP contribution is 2.20. The van der Waals surface area contributed by atoms with Crippen LogP contribution in [0.5, 0.6) is 5.75 Å². The number of sulfonamides is 1. The van der Waals surface area contributed by atoms with E-state index in [1.807, 2.05) is 0 Å². The van der Waals surface area contributed by atoms with Crippen LogP contribution in [0.2, 0.25) is 0 Å². The highest BCUT2D eigenvalue weighted by atomic mass is 32.2. The van der Waals surface area contributed by atoms with Crippen LogP contribution in [-0.2, 0) is 21.2 Å². The predicted molar refractivity (Wildman–Crippen MR) is 112 cm³/mol. The van der Waals surface area contributed by atoms with Crippen molar-refractivity contribution in [3.63, 3.8) is 0 Å². The Morgan fingerprint density at radius 2 is 1.74 bits per heavy atom. The zero-order valence-electron chi connectivity index (χ0n) is 17.6. The van der Waals surface area contributed by atoms with Gasteiger partial charge >= 0.3 is 6.09 Å². The van der Waals surface area contributed by atoms with Gasteiger partial charge < -0.3 is 14.8 Å². The van der Waals surface area contributed by atoms with Gasteiger partial charge in [0.2, 0.25) is 0 Å². The number of nitrogens with one attached hydrogen (secondary N) is 1. The molecule has 8 nitrogen and oxygen atoms in total. The van der Waals surface area contributed by atoms with Gasteiger partial charge in [-0.3, -0.25) is 4.79 Å². The van der Waals surface area contributed by atoms with Gasteiger partial charge in [0.25, 0.3) is 15.9 Å². The Labute approximate surface area is 181 Å². The van der Waals surface area contributed by atoms with Gasteiger partial charge in [-0.1, -0.05) is 12.1 Å². The summed E-state index contributed by atoms with van der Waals surface area (Å²) in [4.78, 5) is 24.0. The molecule has 0 saturated carbocycles. The van der Waals surface area contributed by atoms with Gasteiger partial charge in [-0.25, -0.2) is 21.9 Å². The number of hydrogen-bond acceptors (Lipinski definition) is 6. The van der Waals surface area contributed by atoms with Crippen molar-refractivity contribution in [1.29, 1.82) is 0 Å². The van der Waals surface area contributed by atoms with Crippen molar-refractivity contribution in [3.05, 3.63) is 59.4 Å². The zero-order valence-corrected chi connectivity index (χ0v) is 18.4. The van der Waals surface area contributed by atoms with E-state index in [-0.39, 0.29) is 23.6 Å². The van der Waals surface area contributed by atoms with E-state index in [1.165, 1.54) is 24.3 Å².